The number of rotatable bonds is 6. The number of pyridine rings is 1. The van der Waals surface area contributed by atoms with E-state index in [1.807, 2.05) is 56.3 Å². The van der Waals surface area contributed by atoms with Gasteiger partial charge < -0.3 is 14.2 Å². The predicted molar refractivity (Wildman–Crippen MR) is 95.6 cm³/mol. The van der Waals surface area contributed by atoms with Crippen molar-refractivity contribution in [1.29, 1.82) is 0 Å². The molecule has 0 atom stereocenters. The molecule has 3 rings (SSSR count). The van der Waals surface area contributed by atoms with Crippen LogP contribution in [-0.2, 0) is 0 Å². The third-order valence-electron chi connectivity index (χ3n) is 3.80. The minimum absolute atomic E-state index is 0.670. The fourth-order valence-corrected chi connectivity index (χ4v) is 2.48. The van der Waals surface area contributed by atoms with Gasteiger partial charge in [0.25, 0.3) is 0 Å². The SMILES string of the molecule is Cc1nccn1-c1cncc(-c2cccc(OCCN(C)C)c2)c1. The smallest absolute Gasteiger partial charge is 0.119 e. The van der Waals surface area contributed by atoms with Crippen LogP contribution in [-0.4, -0.2) is 46.7 Å². The molecule has 0 radical (unpaired) electrons. The van der Waals surface area contributed by atoms with Gasteiger partial charge in [-0.2, -0.15) is 0 Å². The van der Waals surface area contributed by atoms with Crippen LogP contribution >= 0.6 is 0 Å². The highest BCUT2D eigenvalue weighted by Gasteiger charge is 2.05. The van der Waals surface area contributed by atoms with Gasteiger partial charge in [0.1, 0.15) is 18.2 Å². The molecular weight excluding hydrogens is 300 g/mol. The summed E-state index contributed by atoms with van der Waals surface area (Å²) in [7, 11) is 4.07. The molecule has 0 saturated heterocycles. The Kier molecular flexibility index (Phi) is 4.91. The second-order valence-electron chi connectivity index (χ2n) is 5.96. The topological polar surface area (TPSA) is 43.2 Å². The lowest BCUT2D eigenvalue weighted by Gasteiger charge is -2.12. The van der Waals surface area contributed by atoms with Gasteiger partial charge in [-0.3, -0.25) is 4.98 Å². The van der Waals surface area contributed by atoms with Gasteiger partial charge in [-0.15, -0.1) is 0 Å². The summed E-state index contributed by atoms with van der Waals surface area (Å²) < 4.78 is 7.85. The zero-order chi connectivity index (χ0) is 16.9. The molecule has 3 aromatic rings. The van der Waals surface area contributed by atoms with E-state index in [4.69, 9.17) is 4.74 Å². The van der Waals surface area contributed by atoms with Crippen LogP contribution in [0.5, 0.6) is 5.75 Å². The quantitative estimate of drug-likeness (QED) is 0.699. The first-order valence-corrected chi connectivity index (χ1v) is 7.97. The first-order valence-electron chi connectivity index (χ1n) is 7.97. The lowest BCUT2D eigenvalue weighted by molar-refractivity contribution is 0.261. The van der Waals surface area contributed by atoms with Crippen LogP contribution in [0.4, 0.5) is 0 Å². The van der Waals surface area contributed by atoms with Gasteiger partial charge in [-0.1, -0.05) is 12.1 Å². The van der Waals surface area contributed by atoms with Crippen molar-refractivity contribution in [2.75, 3.05) is 27.2 Å². The number of imidazole rings is 1. The molecule has 0 fully saturated rings. The van der Waals surface area contributed by atoms with Crippen LogP contribution < -0.4 is 4.74 Å². The predicted octanol–water partition coefficient (Wildman–Crippen LogP) is 3.18. The van der Waals surface area contributed by atoms with Gasteiger partial charge in [-0.25, -0.2) is 4.98 Å². The number of hydrogen-bond donors (Lipinski definition) is 0. The highest BCUT2D eigenvalue weighted by Crippen LogP contribution is 2.25. The molecule has 124 valence electrons. The zero-order valence-corrected chi connectivity index (χ0v) is 14.3. The van der Waals surface area contributed by atoms with Crippen LogP contribution in [0.3, 0.4) is 0 Å². The fourth-order valence-electron chi connectivity index (χ4n) is 2.48. The third kappa shape index (κ3) is 3.81. The molecule has 0 aliphatic carbocycles. The van der Waals surface area contributed by atoms with Crippen molar-refractivity contribution in [2.24, 2.45) is 0 Å². The van der Waals surface area contributed by atoms with Crippen molar-refractivity contribution >= 4 is 0 Å². The summed E-state index contributed by atoms with van der Waals surface area (Å²) in [5.41, 5.74) is 3.14. The van der Waals surface area contributed by atoms with Gasteiger partial charge in [0.05, 0.1) is 11.9 Å². The minimum Gasteiger partial charge on any atom is -0.492 e. The summed E-state index contributed by atoms with van der Waals surface area (Å²) in [6.07, 6.45) is 7.45. The number of ether oxygens (including phenoxy) is 1. The van der Waals surface area contributed by atoms with Crippen LogP contribution in [0.2, 0.25) is 0 Å². The monoisotopic (exact) mass is 322 g/mol. The molecule has 0 spiro atoms. The second kappa shape index (κ2) is 7.27. The average molecular weight is 322 g/mol. The maximum Gasteiger partial charge on any atom is 0.119 e. The molecule has 5 nitrogen and oxygen atoms in total. The molecule has 0 aliphatic heterocycles. The Hall–Kier alpha value is -2.66. The van der Waals surface area contributed by atoms with E-state index in [0.717, 1.165) is 34.9 Å². The summed E-state index contributed by atoms with van der Waals surface area (Å²) in [6.45, 7) is 3.54. The summed E-state index contributed by atoms with van der Waals surface area (Å²) in [5.74, 6) is 1.81. The van der Waals surface area contributed by atoms with Gasteiger partial charge >= 0.3 is 0 Å². The molecule has 0 aliphatic rings. The van der Waals surface area contributed by atoms with Gasteiger partial charge in [0.2, 0.25) is 0 Å². The molecule has 0 bridgehead atoms. The second-order valence-corrected chi connectivity index (χ2v) is 5.96. The van der Waals surface area contributed by atoms with Crippen molar-refractivity contribution in [3.8, 4) is 22.6 Å². The zero-order valence-electron chi connectivity index (χ0n) is 14.3. The maximum atomic E-state index is 5.82. The molecule has 0 unspecified atom stereocenters. The number of nitrogens with zero attached hydrogens (tertiary/aromatic N) is 4. The molecule has 2 aromatic heterocycles. The number of aromatic nitrogens is 3. The lowest BCUT2D eigenvalue weighted by atomic mass is 10.1. The standard InChI is InChI=1S/C19H22N4O/c1-15-21-7-8-23(15)18-11-17(13-20-14-18)16-5-4-6-19(12-16)24-10-9-22(2)3/h4-8,11-14H,9-10H2,1-3H3. The van der Waals surface area contributed by atoms with Crippen molar-refractivity contribution in [3.63, 3.8) is 0 Å². The Morgan fingerprint density at radius 3 is 2.75 bits per heavy atom. The Bertz CT molecular complexity index is 810. The van der Waals surface area contributed by atoms with Crippen LogP contribution in [0.1, 0.15) is 5.82 Å². The van der Waals surface area contributed by atoms with E-state index in [9.17, 15) is 0 Å². The lowest BCUT2D eigenvalue weighted by Crippen LogP contribution is -2.19. The number of hydrogen-bond acceptors (Lipinski definition) is 4. The molecular formula is C19H22N4O. The van der Waals surface area contributed by atoms with E-state index >= 15 is 0 Å². The summed E-state index contributed by atoms with van der Waals surface area (Å²) in [4.78, 5) is 10.7. The normalized spacial score (nSPS) is 11.0. The molecule has 1 aromatic carbocycles. The summed E-state index contributed by atoms with van der Waals surface area (Å²) in [5, 5.41) is 0. The third-order valence-corrected chi connectivity index (χ3v) is 3.80. The van der Waals surface area contributed by atoms with E-state index in [1.165, 1.54) is 0 Å². The molecule has 0 amide bonds. The van der Waals surface area contributed by atoms with Crippen molar-refractivity contribution < 1.29 is 4.74 Å². The van der Waals surface area contributed by atoms with Gasteiger partial charge in [0, 0.05) is 30.7 Å². The van der Waals surface area contributed by atoms with Crippen LogP contribution in [0, 0.1) is 6.92 Å². The summed E-state index contributed by atoms with van der Waals surface area (Å²) >= 11 is 0. The molecule has 24 heavy (non-hydrogen) atoms. The Morgan fingerprint density at radius 1 is 1.12 bits per heavy atom. The highest BCUT2D eigenvalue weighted by atomic mass is 16.5. The van der Waals surface area contributed by atoms with Gasteiger partial charge in [0.15, 0.2) is 0 Å². The number of aryl methyl sites for hydroxylation is 1. The summed E-state index contributed by atoms with van der Waals surface area (Å²) in [6, 6.07) is 10.2. The first kappa shape index (κ1) is 16.2. The van der Waals surface area contributed by atoms with Crippen LogP contribution in [0.15, 0.2) is 55.1 Å². The Morgan fingerprint density at radius 2 is 2.00 bits per heavy atom. The Balaban J connectivity index is 1.83. The molecule has 0 saturated carbocycles. The van der Waals surface area contributed by atoms with Crippen molar-refractivity contribution in [3.05, 3.63) is 60.9 Å². The average Bonchev–Trinajstić information content (AvgIpc) is 3.01. The van der Waals surface area contributed by atoms with E-state index in [2.05, 4.69) is 33.1 Å². The Labute approximate surface area is 142 Å². The van der Waals surface area contributed by atoms with E-state index in [-0.39, 0.29) is 0 Å². The number of likely N-dealkylation sites (N-methyl/N-ethyl adjacent to an activating group) is 1. The fraction of sp³-hybridized carbons (Fsp3) is 0.263. The van der Waals surface area contributed by atoms with E-state index in [0.29, 0.717) is 6.61 Å². The minimum atomic E-state index is 0.670. The largest absolute Gasteiger partial charge is 0.492 e. The maximum absolute atomic E-state index is 5.82. The first-order chi connectivity index (χ1) is 11.6. The van der Waals surface area contributed by atoms with E-state index < -0.39 is 0 Å². The number of benzene rings is 1. The molecule has 0 N–H and O–H groups in total. The molecule has 2 heterocycles. The highest BCUT2D eigenvalue weighted by molar-refractivity contribution is 5.66. The molecule has 5 heteroatoms. The van der Waals surface area contributed by atoms with Crippen LogP contribution in [0.25, 0.3) is 16.8 Å². The van der Waals surface area contributed by atoms with Crippen molar-refractivity contribution in [1.82, 2.24) is 19.4 Å². The van der Waals surface area contributed by atoms with E-state index in [1.54, 1.807) is 6.20 Å². The van der Waals surface area contributed by atoms with Gasteiger partial charge in [-0.05, 0) is 44.8 Å². The van der Waals surface area contributed by atoms with Crippen molar-refractivity contribution in [2.45, 2.75) is 6.92 Å².